The second-order valence-electron chi connectivity index (χ2n) is 5.28. The maximum absolute atomic E-state index is 12.7. The lowest BCUT2D eigenvalue weighted by atomic mass is 10.1. The van der Waals surface area contributed by atoms with Gasteiger partial charge in [-0.2, -0.15) is 18.3 Å². The molecule has 0 heterocycles. The zero-order valence-electron chi connectivity index (χ0n) is 13.8. The maximum Gasteiger partial charge on any atom is 0.416 e. The zero-order valence-corrected chi connectivity index (χ0v) is 15.4. The predicted molar refractivity (Wildman–Crippen MR) is 96.2 cm³/mol. The van der Waals surface area contributed by atoms with Crippen LogP contribution >= 0.6 is 15.9 Å². The average Bonchev–Trinajstić information content (AvgIpc) is 2.57. The van der Waals surface area contributed by atoms with Crippen molar-refractivity contribution in [2.75, 3.05) is 6.61 Å². The summed E-state index contributed by atoms with van der Waals surface area (Å²) in [5, 5.41) is 3.85. The van der Waals surface area contributed by atoms with E-state index in [1.54, 1.807) is 12.1 Å². The Kier molecular flexibility index (Phi) is 6.79. The summed E-state index contributed by atoms with van der Waals surface area (Å²) in [5.41, 5.74) is 2.42. The summed E-state index contributed by atoms with van der Waals surface area (Å²) in [5.74, 6) is 0.0834. The van der Waals surface area contributed by atoms with Crippen LogP contribution in [0.3, 0.4) is 0 Å². The summed E-state index contributed by atoms with van der Waals surface area (Å²) in [7, 11) is 0. The first-order valence-corrected chi connectivity index (χ1v) is 8.49. The molecule has 1 N–H and O–H groups in total. The number of hydrazone groups is 1. The second kappa shape index (κ2) is 8.84. The molecule has 2 aromatic rings. The van der Waals surface area contributed by atoms with E-state index < -0.39 is 17.6 Å². The molecule has 8 heteroatoms. The summed E-state index contributed by atoms with van der Waals surface area (Å²) in [6.45, 7) is 2.32. The number of alkyl halides is 3. The topological polar surface area (TPSA) is 50.7 Å². The van der Waals surface area contributed by atoms with Crippen molar-refractivity contribution in [2.24, 2.45) is 5.10 Å². The number of carbonyl (C=O) groups excluding carboxylic acids is 1. The number of carbonyl (C=O) groups is 1. The summed E-state index contributed by atoms with van der Waals surface area (Å²) >= 11 is 3.34. The number of hydrogen-bond acceptors (Lipinski definition) is 3. The van der Waals surface area contributed by atoms with Crippen LogP contribution in [-0.2, 0) is 17.4 Å². The van der Waals surface area contributed by atoms with Crippen LogP contribution in [-0.4, -0.2) is 18.7 Å². The Morgan fingerprint density at radius 2 is 2.04 bits per heavy atom. The maximum atomic E-state index is 12.7. The van der Waals surface area contributed by atoms with Crippen LogP contribution < -0.4 is 10.2 Å². The molecule has 26 heavy (non-hydrogen) atoms. The Hall–Kier alpha value is -2.35. The van der Waals surface area contributed by atoms with Gasteiger partial charge in [0.25, 0.3) is 0 Å². The van der Waals surface area contributed by atoms with Crippen molar-refractivity contribution in [1.29, 1.82) is 0 Å². The lowest BCUT2D eigenvalue weighted by molar-refractivity contribution is -0.137. The molecule has 0 saturated carbocycles. The highest BCUT2D eigenvalue weighted by Gasteiger charge is 2.30. The lowest BCUT2D eigenvalue weighted by Gasteiger charge is -2.08. The molecular formula is C18H16BrF3N2O2. The first-order chi connectivity index (χ1) is 12.3. The molecule has 0 aliphatic carbocycles. The normalized spacial score (nSPS) is 11.6. The second-order valence-corrected chi connectivity index (χ2v) is 6.20. The van der Waals surface area contributed by atoms with E-state index in [1.807, 2.05) is 13.0 Å². The fourth-order valence-corrected chi connectivity index (χ4v) is 2.54. The van der Waals surface area contributed by atoms with Gasteiger partial charge in [-0.25, -0.2) is 5.43 Å². The van der Waals surface area contributed by atoms with E-state index in [4.69, 9.17) is 4.74 Å². The Balaban J connectivity index is 2.01. The van der Waals surface area contributed by atoms with Gasteiger partial charge in [-0.15, -0.1) is 0 Å². The van der Waals surface area contributed by atoms with Gasteiger partial charge in [-0.1, -0.05) is 34.1 Å². The molecule has 0 atom stereocenters. The minimum atomic E-state index is -4.44. The molecule has 138 valence electrons. The lowest BCUT2D eigenvalue weighted by Crippen LogP contribution is -2.20. The van der Waals surface area contributed by atoms with Gasteiger partial charge in [0.1, 0.15) is 5.75 Å². The molecule has 0 saturated heterocycles. The molecule has 0 fully saturated rings. The first kappa shape index (κ1) is 20.0. The van der Waals surface area contributed by atoms with Crippen LogP contribution in [0, 0.1) is 0 Å². The molecule has 0 aromatic heterocycles. The third-order valence-corrected chi connectivity index (χ3v) is 3.78. The van der Waals surface area contributed by atoms with Crippen LogP contribution in [0.5, 0.6) is 5.75 Å². The van der Waals surface area contributed by atoms with Gasteiger partial charge in [-0.05, 0) is 36.8 Å². The van der Waals surface area contributed by atoms with Gasteiger partial charge in [-0.3, -0.25) is 4.79 Å². The molecule has 0 spiro atoms. The zero-order chi connectivity index (χ0) is 19.2. The molecule has 1 amide bonds. The summed E-state index contributed by atoms with van der Waals surface area (Å²) in [6.07, 6.45) is -3.24. The van der Waals surface area contributed by atoms with Gasteiger partial charge in [0.15, 0.2) is 0 Å². The molecule has 0 radical (unpaired) electrons. The number of halogens is 4. The van der Waals surface area contributed by atoms with Gasteiger partial charge < -0.3 is 4.74 Å². The van der Waals surface area contributed by atoms with E-state index >= 15 is 0 Å². The number of nitrogens with zero attached hydrogens (tertiary/aromatic N) is 1. The molecule has 0 aliphatic rings. The Labute approximate surface area is 157 Å². The van der Waals surface area contributed by atoms with E-state index in [2.05, 4.69) is 26.5 Å². The minimum absolute atomic E-state index is 0.210. The van der Waals surface area contributed by atoms with Crippen LogP contribution in [0.1, 0.15) is 23.6 Å². The highest BCUT2D eigenvalue weighted by molar-refractivity contribution is 9.10. The Morgan fingerprint density at radius 3 is 2.73 bits per heavy atom. The number of nitrogens with one attached hydrogen (secondary N) is 1. The van der Waals surface area contributed by atoms with Crippen LogP contribution in [0.4, 0.5) is 13.2 Å². The molecular weight excluding hydrogens is 413 g/mol. The van der Waals surface area contributed by atoms with E-state index in [1.165, 1.54) is 18.3 Å². The van der Waals surface area contributed by atoms with Crippen molar-refractivity contribution in [1.82, 2.24) is 5.43 Å². The molecule has 2 rings (SSSR count). The third-order valence-electron chi connectivity index (χ3n) is 3.28. The largest absolute Gasteiger partial charge is 0.493 e. The standard InChI is InChI=1S/C18H16BrF3N2O2/c1-2-26-16-7-6-15(19)10-13(16)11-23-24-17(25)9-12-4-3-5-14(8-12)18(20,21)22/h3-8,10-11H,2,9H2,1H3,(H,24,25)/b23-11-. The van der Waals surface area contributed by atoms with Crippen molar-refractivity contribution in [2.45, 2.75) is 19.5 Å². The monoisotopic (exact) mass is 428 g/mol. The van der Waals surface area contributed by atoms with Crippen LogP contribution in [0.2, 0.25) is 0 Å². The highest BCUT2D eigenvalue weighted by Crippen LogP contribution is 2.29. The average molecular weight is 429 g/mol. The van der Waals surface area contributed by atoms with Crippen molar-refractivity contribution in [3.8, 4) is 5.75 Å². The molecule has 2 aromatic carbocycles. The number of benzene rings is 2. The van der Waals surface area contributed by atoms with Crippen LogP contribution in [0.15, 0.2) is 52.0 Å². The van der Waals surface area contributed by atoms with Gasteiger partial charge >= 0.3 is 6.18 Å². The minimum Gasteiger partial charge on any atom is -0.493 e. The SMILES string of the molecule is CCOc1ccc(Br)cc1/C=N\NC(=O)Cc1cccc(C(F)(F)F)c1. The van der Waals surface area contributed by atoms with Crippen molar-refractivity contribution < 1.29 is 22.7 Å². The van der Waals surface area contributed by atoms with Gasteiger partial charge in [0, 0.05) is 10.0 Å². The quantitative estimate of drug-likeness (QED) is 0.541. The van der Waals surface area contributed by atoms with Gasteiger partial charge in [0.05, 0.1) is 24.8 Å². The highest BCUT2D eigenvalue weighted by atomic mass is 79.9. The van der Waals surface area contributed by atoms with E-state index in [-0.39, 0.29) is 12.0 Å². The van der Waals surface area contributed by atoms with E-state index in [0.717, 1.165) is 16.6 Å². The number of ether oxygens (including phenoxy) is 1. The fourth-order valence-electron chi connectivity index (χ4n) is 2.16. The van der Waals surface area contributed by atoms with Crippen LogP contribution in [0.25, 0.3) is 0 Å². The fraction of sp³-hybridized carbons (Fsp3) is 0.222. The molecule has 0 unspecified atom stereocenters. The van der Waals surface area contributed by atoms with Gasteiger partial charge in [0.2, 0.25) is 5.91 Å². The van der Waals surface area contributed by atoms with Crippen molar-refractivity contribution >= 4 is 28.1 Å². The Morgan fingerprint density at radius 1 is 1.27 bits per heavy atom. The number of amides is 1. The summed E-state index contributed by atoms with van der Waals surface area (Å²) < 4.78 is 44.3. The van der Waals surface area contributed by atoms with E-state index in [0.29, 0.717) is 17.9 Å². The molecule has 0 aliphatic heterocycles. The summed E-state index contributed by atoms with van der Waals surface area (Å²) in [6, 6.07) is 9.98. The molecule has 4 nitrogen and oxygen atoms in total. The van der Waals surface area contributed by atoms with E-state index in [9.17, 15) is 18.0 Å². The smallest absolute Gasteiger partial charge is 0.416 e. The summed E-state index contributed by atoms with van der Waals surface area (Å²) in [4.78, 5) is 11.9. The first-order valence-electron chi connectivity index (χ1n) is 7.70. The van der Waals surface area contributed by atoms with Crippen molar-refractivity contribution in [3.63, 3.8) is 0 Å². The third kappa shape index (κ3) is 5.87. The number of hydrogen-bond donors (Lipinski definition) is 1. The molecule has 0 bridgehead atoms. The van der Waals surface area contributed by atoms with Crippen molar-refractivity contribution in [3.05, 3.63) is 63.6 Å². The number of rotatable bonds is 6. The Bertz CT molecular complexity index is 807. The predicted octanol–water partition coefficient (Wildman–Crippen LogP) is 4.56.